The molecule has 1 aliphatic rings. The first-order valence-corrected chi connectivity index (χ1v) is 8.09. The predicted octanol–water partition coefficient (Wildman–Crippen LogP) is 3.38. The number of aromatic amines is 1. The summed E-state index contributed by atoms with van der Waals surface area (Å²) in [4.78, 5) is 14.5. The van der Waals surface area contributed by atoms with Crippen molar-refractivity contribution in [3.63, 3.8) is 0 Å². The van der Waals surface area contributed by atoms with Gasteiger partial charge in [0.25, 0.3) is 0 Å². The molecule has 0 saturated carbocycles. The fraction of sp³-hybridized carbons (Fsp3) is 0.571. The second kappa shape index (κ2) is 5.47. The lowest BCUT2D eigenvalue weighted by atomic mass is 9.81. The molecular weight excluding hydrogens is 292 g/mol. The fourth-order valence-corrected chi connectivity index (χ4v) is 3.82. The molecule has 0 spiro atoms. The summed E-state index contributed by atoms with van der Waals surface area (Å²) in [6, 6.07) is 0. The van der Waals surface area contributed by atoms with E-state index in [4.69, 9.17) is 11.6 Å². The van der Waals surface area contributed by atoms with Gasteiger partial charge >= 0.3 is 0 Å². The summed E-state index contributed by atoms with van der Waals surface area (Å²) in [7, 11) is 0. The van der Waals surface area contributed by atoms with Crippen molar-refractivity contribution in [2.75, 3.05) is 13.1 Å². The average Bonchev–Trinajstić information content (AvgIpc) is 3.03. The Morgan fingerprint density at radius 1 is 1.40 bits per heavy atom. The van der Waals surface area contributed by atoms with Crippen molar-refractivity contribution in [2.45, 2.75) is 38.6 Å². The summed E-state index contributed by atoms with van der Waals surface area (Å²) >= 11 is 7.64. The van der Waals surface area contributed by atoms with Crippen molar-refractivity contribution < 1.29 is 0 Å². The van der Waals surface area contributed by atoms with Crippen LogP contribution in [0.5, 0.6) is 0 Å². The first kappa shape index (κ1) is 14.0. The van der Waals surface area contributed by atoms with Crippen LogP contribution in [0.4, 0.5) is 0 Å². The molecule has 6 heteroatoms. The van der Waals surface area contributed by atoms with Crippen LogP contribution in [0, 0.1) is 6.92 Å². The highest BCUT2D eigenvalue weighted by atomic mass is 35.5. The van der Waals surface area contributed by atoms with Gasteiger partial charge in [0.2, 0.25) is 0 Å². The van der Waals surface area contributed by atoms with Gasteiger partial charge in [0.05, 0.1) is 23.2 Å². The van der Waals surface area contributed by atoms with Gasteiger partial charge in [-0.3, -0.25) is 4.90 Å². The van der Waals surface area contributed by atoms with Gasteiger partial charge < -0.3 is 4.98 Å². The van der Waals surface area contributed by atoms with E-state index in [0.29, 0.717) is 0 Å². The van der Waals surface area contributed by atoms with E-state index in [1.54, 1.807) is 23.9 Å². The maximum absolute atomic E-state index is 6.02. The van der Waals surface area contributed by atoms with E-state index in [9.17, 15) is 0 Å². The number of thiazole rings is 1. The fourth-order valence-electron chi connectivity index (χ4n) is 2.71. The van der Waals surface area contributed by atoms with Crippen LogP contribution >= 0.6 is 22.9 Å². The Morgan fingerprint density at radius 2 is 2.15 bits per heavy atom. The van der Waals surface area contributed by atoms with Crippen LogP contribution in [0.3, 0.4) is 0 Å². The summed E-state index contributed by atoms with van der Waals surface area (Å²) in [5, 5.41) is 1.18. The molecule has 1 N–H and O–H groups in total. The van der Waals surface area contributed by atoms with E-state index in [-0.39, 0.29) is 5.41 Å². The highest BCUT2D eigenvalue weighted by Gasteiger charge is 2.34. The largest absolute Gasteiger partial charge is 0.348 e. The summed E-state index contributed by atoms with van der Waals surface area (Å²) < 4.78 is 0.788. The van der Waals surface area contributed by atoms with Crippen molar-refractivity contribution >= 4 is 22.9 Å². The third-order valence-electron chi connectivity index (χ3n) is 4.26. The highest BCUT2D eigenvalue weighted by molar-refractivity contribution is 7.15. The van der Waals surface area contributed by atoms with Crippen molar-refractivity contribution in [3.05, 3.63) is 33.3 Å². The van der Waals surface area contributed by atoms with Gasteiger partial charge in [-0.25, -0.2) is 9.97 Å². The Bertz CT molecular complexity index is 584. The smallest absolute Gasteiger partial charge is 0.113 e. The number of nitrogens with zero attached hydrogens (tertiary/aromatic N) is 3. The molecule has 2 aromatic rings. The van der Waals surface area contributed by atoms with Gasteiger partial charge in [-0.2, -0.15) is 0 Å². The zero-order valence-electron chi connectivity index (χ0n) is 11.8. The van der Waals surface area contributed by atoms with Crippen LogP contribution in [-0.2, 0) is 12.0 Å². The molecule has 1 fully saturated rings. The van der Waals surface area contributed by atoms with E-state index >= 15 is 0 Å². The van der Waals surface area contributed by atoms with E-state index in [1.807, 2.05) is 0 Å². The molecule has 0 amide bonds. The number of halogens is 1. The standard InChI is InChI=1S/C14H19ClN4S/c1-10-11(18-9-17-10)8-19-5-3-14(2,4-6-19)13-16-7-12(15)20-13/h7,9H,3-6,8H2,1-2H3,(H,17,18). The normalized spacial score (nSPS) is 19.4. The lowest BCUT2D eigenvalue weighted by Crippen LogP contribution is -2.40. The molecule has 2 aromatic heterocycles. The van der Waals surface area contributed by atoms with Gasteiger partial charge in [0, 0.05) is 17.7 Å². The van der Waals surface area contributed by atoms with Crippen molar-refractivity contribution in [1.29, 1.82) is 0 Å². The molecule has 1 aliphatic heterocycles. The lowest BCUT2D eigenvalue weighted by Gasteiger charge is -2.37. The van der Waals surface area contributed by atoms with Crippen molar-refractivity contribution in [3.8, 4) is 0 Å². The maximum atomic E-state index is 6.02. The number of aryl methyl sites for hydroxylation is 1. The molecule has 20 heavy (non-hydrogen) atoms. The summed E-state index contributed by atoms with van der Waals surface area (Å²) in [5.41, 5.74) is 2.51. The van der Waals surface area contributed by atoms with Gasteiger partial charge in [-0.05, 0) is 32.9 Å². The molecule has 0 radical (unpaired) electrons. The Kier molecular flexibility index (Phi) is 3.84. The van der Waals surface area contributed by atoms with Crippen LogP contribution < -0.4 is 0 Å². The quantitative estimate of drug-likeness (QED) is 0.945. The molecule has 0 bridgehead atoms. The third-order valence-corrected chi connectivity index (χ3v) is 5.68. The molecule has 1 saturated heterocycles. The summed E-state index contributed by atoms with van der Waals surface area (Å²) in [6.45, 7) is 7.48. The number of imidazole rings is 1. The minimum Gasteiger partial charge on any atom is -0.348 e. The zero-order valence-corrected chi connectivity index (χ0v) is 13.4. The Hall–Kier alpha value is -0.910. The predicted molar refractivity (Wildman–Crippen MR) is 82.3 cm³/mol. The van der Waals surface area contributed by atoms with Crippen LogP contribution in [0.1, 0.15) is 36.2 Å². The Balaban J connectivity index is 1.63. The number of rotatable bonds is 3. The van der Waals surface area contributed by atoms with Crippen LogP contribution in [0.2, 0.25) is 4.34 Å². The Labute approximate surface area is 128 Å². The number of hydrogen-bond donors (Lipinski definition) is 1. The minimum atomic E-state index is 0.176. The molecule has 0 unspecified atom stereocenters. The second-order valence-corrected chi connectivity index (χ2v) is 7.44. The van der Waals surface area contributed by atoms with E-state index < -0.39 is 0 Å². The van der Waals surface area contributed by atoms with Crippen LogP contribution in [-0.4, -0.2) is 32.9 Å². The molecule has 108 valence electrons. The highest BCUT2D eigenvalue weighted by Crippen LogP contribution is 2.38. The number of likely N-dealkylation sites (tertiary alicyclic amines) is 1. The van der Waals surface area contributed by atoms with Crippen molar-refractivity contribution in [1.82, 2.24) is 19.9 Å². The second-order valence-electron chi connectivity index (χ2n) is 5.78. The number of H-pyrrole nitrogens is 1. The number of piperidine rings is 1. The van der Waals surface area contributed by atoms with Gasteiger partial charge in [0.15, 0.2) is 0 Å². The molecule has 3 heterocycles. The number of aromatic nitrogens is 3. The summed E-state index contributed by atoms with van der Waals surface area (Å²) in [6.07, 6.45) is 5.79. The first-order chi connectivity index (χ1) is 9.57. The van der Waals surface area contributed by atoms with Crippen LogP contribution in [0.15, 0.2) is 12.5 Å². The molecule has 0 atom stereocenters. The first-order valence-electron chi connectivity index (χ1n) is 6.90. The molecular formula is C14H19ClN4S. The van der Waals surface area contributed by atoms with Crippen LogP contribution in [0.25, 0.3) is 0 Å². The third kappa shape index (κ3) is 2.75. The van der Waals surface area contributed by atoms with Gasteiger partial charge in [0.1, 0.15) is 4.34 Å². The topological polar surface area (TPSA) is 44.8 Å². The monoisotopic (exact) mass is 310 g/mol. The van der Waals surface area contributed by atoms with Gasteiger partial charge in [-0.15, -0.1) is 11.3 Å². The molecule has 0 aliphatic carbocycles. The zero-order chi connectivity index (χ0) is 14.2. The molecule has 4 nitrogen and oxygen atoms in total. The molecule has 0 aromatic carbocycles. The van der Waals surface area contributed by atoms with E-state index in [0.717, 1.165) is 42.5 Å². The Morgan fingerprint density at radius 3 is 2.70 bits per heavy atom. The minimum absolute atomic E-state index is 0.176. The van der Waals surface area contributed by atoms with E-state index in [1.165, 1.54) is 10.7 Å². The van der Waals surface area contributed by atoms with E-state index in [2.05, 4.69) is 33.7 Å². The number of hydrogen-bond acceptors (Lipinski definition) is 4. The lowest BCUT2D eigenvalue weighted by molar-refractivity contribution is 0.160. The van der Waals surface area contributed by atoms with Crippen molar-refractivity contribution in [2.24, 2.45) is 0 Å². The summed E-state index contributed by atoms with van der Waals surface area (Å²) in [5.74, 6) is 0. The van der Waals surface area contributed by atoms with Gasteiger partial charge in [-0.1, -0.05) is 18.5 Å². The maximum Gasteiger partial charge on any atom is 0.113 e. The molecule has 3 rings (SSSR count). The SMILES string of the molecule is Cc1[nH]cnc1CN1CCC(C)(c2ncc(Cl)s2)CC1. The average molecular weight is 311 g/mol. The number of nitrogens with one attached hydrogen (secondary N) is 1.